The molecule has 0 radical (unpaired) electrons. The number of benzene rings is 1. The highest BCUT2D eigenvalue weighted by Crippen LogP contribution is 2.36. The third-order valence-electron chi connectivity index (χ3n) is 1.71. The van der Waals surface area contributed by atoms with Crippen molar-refractivity contribution in [2.24, 2.45) is 5.73 Å². The Bertz CT molecular complexity index is 341. The molecule has 0 aromatic heterocycles. The lowest BCUT2D eigenvalue weighted by molar-refractivity contribution is 0.466. The number of phenols is 1. The second kappa shape index (κ2) is 5.47. The van der Waals surface area contributed by atoms with Gasteiger partial charge in [0.1, 0.15) is 10.8 Å². The summed E-state index contributed by atoms with van der Waals surface area (Å²) in [5.74, 6) is -0.0819. The summed E-state index contributed by atoms with van der Waals surface area (Å²) in [6.45, 7) is 3.52. The fourth-order valence-electron chi connectivity index (χ4n) is 0.951. The summed E-state index contributed by atoms with van der Waals surface area (Å²) < 4.78 is 0. The van der Waals surface area contributed by atoms with Gasteiger partial charge in [-0.1, -0.05) is 35.3 Å². The van der Waals surface area contributed by atoms with Crippen LogP contribution in [0.3, 0.4) is 0 Å². The largest absolute Gasteiger partial charge is 0.506 e. The molecule has 0 fully saturated rings. The molecule has 0 aliphatic heterocycles. The van der Waals surface area contributed by atoms with Gasteiger partial charge in [-0.3, -0.25) is 0 Å². The van der Waals surface area contributed by atoms with Crippen LogP contribution in [-0.2, 0) is 0 Å². The molecule has 0 heterocycles. The molecule has 5 heteroatoms. The number of aromatic hydroxyl groups is 1. The highest BCUT2D eigenvalue weighted by atomic mass is 35.5. The average Bonchev–Trinajstić information content (AvgIpc) is 2.13. The van der Waals surface area contributed by atoms with Gasteiger partial charge in [-0.25, -0.2) is 0 Å². The number of nitrogens with two attached hydrogens (primary N) is 1. The van der Waals surface area contributed by atoms with Gasteiger partial charge in [-0.15, -0.1) is 19.0 Å². The molecule has 0 aliphatic rings. The van der Waals surface area contributed by atoms with Crippen LogP contribution in [0.15, 0.2) is 24.8 Å². The average molecular weight is 255 g/mol. The first-order valence-electron chi connectivity index (χ1n) is 3.63. The lowest BCUT2D eigenvalue weighted by atomic mass is 10.1. The number of rotatable bonds is 2. The van der Waals surface area contributed by atoms with E-state index in [9.17, 15) is 5.11 Å². The van der Waals surface area contributed by atoms with Crippen molar-refractivity contribution in [2.45, 2.75) is 6.04 Å². The van der Waals surface area contributed by atoms with Crippen molar-refractivity contribution in [3.63, 3.8) is 0 Å². The highest BCUT2D eigenvalue weighted by Gasteiger charge is 2.12. The molecule has 0 unspecified atom stereocenters. The minimum Gasteiger partial charge on any atom is -0.506 e. The summed E-state index contributed by atoms with van der Waals surface area (Å²) >= 11 is 11.4. The van der Waals surface area contributed by atoms with Crippen LogP contribution in [0.4, 0.5) is 0 Å². The summed E-state index contributed by atoms with van der Waals surface area (Å²) in [6.07, 6.45) is 1.51. The van der Waals surface area contributed by atoms with E-state index in [1.165, 1.54) is 6.08 Å². The molecule has 0 aliphatic carbocycles. The van der Waals surface area contributed by atoms with Crippen LogP contribution >= 0.6 is 35.6 Å². The summed E-state index contributed by atoms with van der Waals surface area (Å²) in [4.78, 5) is 0. The lowest BCUT2D eigenvalue weighted by Crippen LogP contribution is -2.06. The van der Waals surface area contributed by atoms with Gasteiger partial charge in [0.05, 0.1) is 11.1 Å². The Balaban J connectivity index is 0.00000169. The van der Waals surface area contributed by atoms with E-state index < -0.39 is 6.04 Å². The molecular weight excluding hydrogens is 244 g/mol. The SMILES string of the molecule is C=C[C@@H](N)c1ccc(Cl)c(Cl)c1O.Cl. The fourth-order valence-corrected chi connectivity index (χ4v) is 1.28. The van der Waals surface area contributed by atoms with Crippen molar-refractivity contribution < 1.29 is 5.11 Å². The predicted molar refractivity (Wildman–Crippen MR) is 62.5 cm³/mol. The van der Waals surface area contributed by atoms with E-state index >= 15 is 0 Å². The maximum absolute atomic E-state index is 9.54. The van der Waals surface area contributed by atoms with E-state index in [1.807, 2.05) is 0 Å². The van der Waals surface area contributed by atoms with Gasteiger partial charge in [0.25, 0.3) is 0 Å². The van der Waals surface area contributed by atoms with E-state index in [0.29, 0.717) is 10.6 Å². The van der Waals surface area contributed by atoms with E-state index in [2.05, 4.69) is 6.58 Å². The van der Waals surface area contributed by atoms with Crippen LogP contribution in [0.5, 0.6) is 5.75 Å². The molecule has 78 valence electrons. The predicted octanol–water partition coefficient (Wildman–Crippen LogP) is 3.31. The Hall–Kier alpha value is -0.410. The third-order valence-corrected chi connectivity index (χ3v) is 2.51. The van der Waals surface area contributed by atoms with Crippen LogP contribution in [0, 0.1) is 0 Å². The maximum Gasteiger partial charge on any atom is 0.140 e. The molecule has 1 aromatic carbocycles. The molecule has 14 heavy (non-hydrogen) atoms. The fraction of sp³-hybridized carbons (Fsp3) is 0.111. The first-order valence-corrected chi connectivity index (χ1v) is 4.38. The standard InChI is InChI=1S/C9H9Cl2NO.ClH/c1-2-7(12)5-3-4-6(10)8(11)9(5)13;/h2-4,7,13H,1,12H2;1H/t7-;/m1./s1. The van der Waals surface area contributed by atoms with Crippen molar-refractivity contribution in [1.29, 1.82) is 0 Å². The topological polar surface area (TPSA) is 46.2 Å². The molecule has 3 N–H and O–H groups in total. The number of halogens is 3. The second-order valence-corrected chi connectivity index (χ2v) is 3.35. The molecule has 1 aromatic rings. The Morgan fingerprint density at radius 1 is 1.43 bits per heavy atom. The van der Waals surface area contributed by atoms with Gasteiger partial charge in [-0.05, 0) is 6.07 Å². The van der Waals surface area contributed by atoms with E-state index in [4.69, 9.17) is 28.9 Å². The molecule has 0 saturated heterocycles. The molecular formula is C9H10Cl3NO. The number of phenolic OH excluding ortho intramolecular Hbond substituents is 1. The molecule has 0 bridgehead atoms. The van der Waals surface area contributed by atoms with E-state index in [1.54, 1.807) is 12.1 Å². The van der Waals surface area contributed by atoms with Gasteiger partial charge in [0.15, 0.2) is 0 Å². The van der Waals surface area contributed by atoms with Crippen LogP contribution in [0.25, 0.3) is 0 Å². The zero-order chi connectivity index (χ0) is 10.0. The number of hydrogen-bond donors (Lipinski definition) is 2. The van der Waals surface area contributed by atoms with Crippen LogP contribution in [-0.4, -0.2) is 5.11 Å². The minimum absolute atomic E-state index is 0. The van der Waals surface area contributed by atoms with Crippen molar-refractivity contribution >= 4 is 35.6 Å². The smallest absolute Gasteiger partial charge is 0.140 e. The lowest BCUT2D eigenvalue weighted by Gasteiger charge is -2.10. The molecule has 2 nitrogen and oxygen atoms in total. The first kappa shape index (κ1) is 13.6. The zero-order valence-electron chi connectivity index (χ0n) is 7.21. The van der Waals surface area contributed by atoms with Crippen molar-refractivity contribution in [1.82, 2.24) is 0 Å². The van der Waals surface area contributed by atoms with Crippen molar-refractivity contribution in [3.05, 3.63) is 40.4 Å². The molecule has 0 spiro atoms. The summed E-state index contributed by atoms with van der Waals surface area (Å²) in [6, 6.07) is 2.77. The normalized spacial score (nSPS) is 11.6. The Kier molecular flexibility index (Phi) is 5.31. The molecule has 1 rings (SSSR count). The third kappa shape index (κ3) is 2.55. The Morgan fingerprint density at radius 2 is 2.00 bits per heavy atom. The Morgan fingerprint density at radius 3 is 2.50 bits per heavy atom. The monoisotopic (exact) mass is 253 g/mol. The van der Waals surface area contributed by atoms with Crippen LogP contribution < -0.4 is 5.73 Å². The molecule has 0 saturated carbocycles. The first-order chi connectivity index (χ1) is 6.07. The highest BCUT2D eigenvalue weighted by molar-refractivity contribution is 6.43. The molecule has 1 atom stereocenters. The van der Waals surface area contributed by atoms with Gasteiger partial charge >= 0.3 is 0 Å². The van der Waals surface area contributed by atoms with E-state index in [0.717, 1.165) is 0 Å². The summed E-state index contributed by atoms with van der Waals surface area (Å²) in [7, 11) is 0. The van der Waals surface area contributed by atoms with Gasteiger partial charge in [0.2, 0.25) is 0 Å². The quantitative estimate of drug-likeness (QED) is 0.796. The van der Waals surface area contributed by atoms with Gasteiger partial charge < -0.3 is 10.8 Å². The molecule has 0 amide bonds. The zero-order valence-corrected chi connectivity index (χ0v) is 9.53. The second-order valence-electron chi connectivity index (χ2n) is 2.56. The van der Waals surface area contributed by atoms with Gasteiger partial charge in [-0.2, -0.15) is 0 Å². The van der Waals surface area contributed by atoms with Crippen molar-refractivity contribution in [3.8, 4) is 5.75 Å². The number of hydrogen-bond acceptors (Lipinski definition) is 2. The van der Waals surface area contributed by atoms with Crippen molar-refractivity contribution in [2.75, 3.05) is 0 Å². The maximum atomic E-state index is 9.54. The minimum atomic E-state index is -0.435. The van der Waals surface area contributed by atoms with Crippen LogP contribution in [0.1, 0.15) is 11.6 Å². The Labute approximate surface area is 98.7 Å². The summed E-state index contributed by atoms with van der Waals surface area (Å²) in [5, 5.41) is 9.96. The van der Waals surface area contributed by atoms with Crippen LogP contribution in [0.2, 0.25) is 10.0 Å². The van der Waals surface area contributed by atoms with Gasteiger partial charge in [0, 0.05) is 5.56 Å². The summed E-state index contributed by atoms with van der Waals surface area (Å²) in [5.41, 5.74) is 6.15. The van der Waals surface area contributed by atoms with E-state index in [-0.39, 0.29) is 23.2 Å².